The Labute approximate surface area is 169 Å². The Morgan fingerprint density at radius 2 is 1.86 bits per heavy atom. The average Bonchev–Trinajstić information content (AvgIpc) is 2.74. The van der Waals surface area contributed by atoms with Crippen molar-refractivity contribution < 1.29 is 19.0 Å². The lowest BCUT2D eigenvalue weighted by atomic mass is 10.2. The number of nitrogens with zero attached hydrogens (tertiary/aromatic N) is 3. The van der Waals surface area contributed by atoms with Gasteiger partial charge in [0.05, 0.1) is 13.2 Å². The summed E-state index contributed by atoms with van der Waals surface area (Å²) in [6.45, 7) is 7.47. The minimum atomic E-state index is -0.214. The summed E-state index contributed by atoms with van der Waals surface area (Å²) in [6.07, 6.45) is 0. The lowest BCUT2D eigenvalue weighted by molar-refractivity contribution is 0.0383. The Morgan fingerprint density at radius 1 is 1.07 bits per heavy atom. The highest BCUT2D eigenvalue weighted by Crippen LogP contribution is 2.33. The molecular weight excluding hydrogens is 374 g/mol. The fourth-order valence-electron chi connectivity index (χ4n) is 3.26. The highest BCUT2D eigenvalue weighted by Gasteiger charge is 2.15. The first-order valence-corrected chi connectivity index (χ1v) is 9.78. The summed E-state index contributed by atoms with van der Waals surface area (Å²) in [5, 5.41) is 6.14. The Hall–Kier alpha value is -2.91. The zero-order chi connectivity index (χ0) is 20.1. The minimum absolute atomic E-state index is 0.214. The molecule has 2 aliphatic heterocycles. The second-order valence-electron chi connectivity index (χ2n) is 6.88. The molecule has 0 saturated carbocycles. The average molecular weight is 399 g/mol. The van der Waals surface area contributed by atoms with Gasteiger partial charge in [-0.25, -0.2) is 9.97 Å². The normalized spacial score (nSPS) is 16.3. The fourth-order valence-corrected chi connectivity index (χ4v) is 3.26. The molecule has 0 atom stereocenters. The monoisotopic (exact) mass is 399 g/mol. The van der Waals surface area contributed by atoms with E-state index in [1.165, 1.54) is 0 Å². The molecule has 0 spiro atoms. The quantitative estimate of drug-likeness (QED) is 0.752. The minimum Gasteiger partial charge on any atom is -0.486 e. The van der Waals surface area contributed by atoms with E-state index in [0.717, 1.165) is 44.3 Å². The molecule has 0 unspecified atom stereocenters. The van der Waals surface area contributed by atoms with Crippen molar-refractivity contribution in [1.29, 1.82) is 0 Å². The number of ether oxygens (including phenoxy) is 3. The molecule has 2 aliphatic rings. The lowest BCUT2D eigenvalue weighted by Crippen LogP contribution is -2.41. The first kappa shape index (κ1) is 19.4. The molecule has 1 fully saturated rings. The molecule has 0 bridgehead atoms. The van der Waals surface area contributed by atoms with Crippen LogP contribution in [0.1, 0.15) is 16.3 Å². The van der Waals surface area contributed by atoms with Gasteiger partial charge in [0.1, 0.15) is 30.5 Å². The predicted octanol–water partition coefficient (Wildman–Crippen LogP) is 1.36. The molecule has 2 aromatic rings. The van der Waals surface area contributed by atoms with E-state index in [9.17, 15) is 4.79 Å². The van der Waals surface area contributed by atoms with Gasteiger partial charge in [0.15, 0.2) is 11.5 Å². The number of carbonyl (C=O) groups is 1. The highest BCUT2D eigenvalue weighted by molar-refractivity contribution is 5.93. The summed E-state index contributed by atoms with van der Waals surface area (Å²) >= 11 is 0. The van der Waals surface area contributed by atoms with E-state index in [1.54, 1.807) is 13.0 Å². The van der Waals surface area contributed by atoms with Crippen LogP contribution in [-0.4, -0.2) is 73.4 Å². The summed E-state index contributed by atoms with van der Waals surface area (Å²) in [6, 6.07) is 7.24. The molecule has 1 saturated heterocycles. The maximum atomic E-state index is 12.5. The number of nitrogens with one attached hydrogen (secondary N) is 2. The van der Waals surface area contributed by atoms with E-state index in [-0.39, 0.29) is 5.91 Å². The van der Waals surface area contributed by atoms with Crippen molar-refractivity contribution in [1.82, 2.24) is 20.2 Å². The third-order valence-corrected chi connectivity index (χ3v) is 4.70. The molecule has 0 radical (unpaired) electrons. The Morgan fingerprint density at radius 3 is 2.69 bits per heavy atom. The number of fused-ring (bicyclic) bond motifs is 1. The van der Waals surface area contributed by atoms with Crippen LogP contribution in [0.4, 0.5) is 11.5 Å². The van der Waals surface area contributed by atoms with Gasteiger partial charge >= 0.3 is 0 Å². The van der Waals surface area contributed by atoms with Crippen molar-refractivity contribution in [2.24, 2.45) is 0 Å². The third-order valence-electron chi connectivity index (χ3n) is 4.70. The molecule has 9 nitrogen and oxygen atoms in total. The first-order chi connectivity index (χ1) is 14.2. The number of anilines is 2. The van der Waals surface area contributed by atoms with Gasteiger partial charge in [-0.3, -0.25) is 9.69 Å². The molecule has 1 aromatic heterocycles. The van der Waals surface area contributed by atoms with Gasteiger partial charge in [0, 0.05) is 44.0 Å². The number of hydrogen-bond acceptors (Lipinski definition) is 8. The van der Waals surface area contributed by atoms with Crippen LogP contribution in [0, 0.1) is 6.92 Å². The topological polar surface area (TPSA) is 97.8 Å². The molecule has 4 rings (SSSR count). The number of aryl methyl sites for hydroxylation is 1. The molecule has 9 heteroatoms. The van der Waals surface area contributed by atoms with E-state index in [0.29, 0.717) is 42.8 Å². The van der Waals surface area contributed by atoms with Crippen LogP contribution in [0.25, 0.3) is 0 Å². The number of amides is 1. The smallest absolute Gasteiger partial charge is 0.270 e. The van der Waals surface area contributed by atoms with Gasteiger partial charge in [-0.1, -0.05) is 0 Å². The standard InChI is InChI=1S/C20H25N5O4/c1-14-22-16(20(26)21-4-5-25-6-8-27-9-7-25)13-19(23-14)24-15-2-3-17-18(12-15)29-11-10-28-17/h2-3,12-13H,4-11H2,1H3,(H,21,26)(H,22,23,24). The Bertz CT molecular complexity index is 870. The van der Waals surface area contributed by atoms with Crippen molar-refractivity contribution in [3.63, 3.8) is 0 Å². The Balaban J connectivity index is 1.38. The third kappa shape index (κ3) is 5.12. The number of morpholine rings is 1. The molecule has 0 aliphatic carbocycles. The maximum Gasteiger partial charge on any atom is 0.270 e. The fraction of sp³-hybridized carbons (Fsp3) is 0.450. The van der Waals surface area contributed by atoms with Crippen molar-refractivity contribution >= 4 is 17.4 Å². The van der Waals surface area contributed by atoms with Gasteiger partial charge in [0.25, 0.3) is 5.91 Å². The number of aromatic nitrogens is 2. The van der Waals surface area contributed by atoms with Crippen LogP contribution in [0.3, 0.4) is 0 Å². The molecular formula is C20H25N5O4. The zero-order valence-electron chi connectivity index (χ0n) is 16.4. The van der Waals surface area contributed by atoms with Gasteiger partial charge in [0.2, 0.25) is 0 Å². The summed E-state index contributed by atoms with van der Waals surface area (Å²) in [5.74, 6) is 2.27. The first-order valence-electron chi connectivity index (χ1n) is 9.78. The predicted molar refractivity (Wildman–Crippen MR) is 107 cm³/mol. The second kappa shape index (κ2) is 9.06. The summed E-state index contributed by atoms with van der Waals surface area (Å²) in [4.78, 5) is 23.4. The van der Waals surface area contributed by atoms with Crippen LogP contribution < -0.4 is 20.1 Å². The molecule has 29 heavy (non-hydrogen) atoms. The van der Waals surface area contributed by atoms with Gasteiger partial charge in [-0.05, 0) is 19.1 Å². The van der Waals surface area contributed by atoms with Crippen molar-refractivity contribution in [2.75, 3.05) is 57.9 Å². The maximum absolute atomic E-state index is 12.5. The summed E-state index contributed by atoms with van der Waals surface area (Å²) < 4.78 is 16.5. The molecule has 154 valence electrons. The van der Waals surface area contributed by atoms with E-state index >= 15 is 0 Å². The zero-order valence-corrected chi connectivity index (χ0v) is 16.4. The van der Waals surface area contributed by atoms with E-state index in [4.69, 9.17) is 14.2 Å². The van der Waals surface area contributed by atoms with E-state index < -0.39 is 0 Å². The number of rotatable bonds is 6. The SMILES string of the molecule is Cc1nc(Nc2ccc3c(c2)OCCO3)cc(C(=O)NCCN2CCOCC2)n1. The summed E-state index contributed by atoms with van der Waals surface area (Å²) in [5.41, 5.74) is 1.13. The van der Waals surface area contributed by atoms with Crippen LogP contribution in [0.15, 0.2) is 24.3 Å². The van der Waals surface area contributed by atoms with Gasteiger partial charge < -0.3 is 24.8 Å². The van der Waals surface area contributed by atoms with Crippen molar-refractivity contribution in [3.05, 3.63) is 35.8 Å². The molecule has 2 N–H and O–H groups in total. The molecule has 3 heterocycles. The van der Waals surface area contributed by atoms with E-state index in [2.05, 4.69) is 25.5 Å². The molecule has 1 aromatic carbocycles. The van der Waals surface area contributed by atoms with Crippen molar-refractivity contribution in [2.45, 2.75) is 6.92 Å². The number of benzene rings is 1. The summed E-state index contributed by atoms with van der Waals surface area (Å²) in [7, 11) is 0. The highest BCUT2D eigenvalue weighted by atomic mass is 16.6. The molecule has 1 amide bonds. The number of hydrogen-bond donors (Lipinski definition) is 2. The van der Waals surface area contributed by atoms with Crippen LogP contribution in [0.2, 0.25) is 0 Å². The van der Waals surface area contributed by atoms with Crippen LogP contribution >= 0.6 is 0 Å². The second-order valence-corrected chi connectivity index (χ2v) is 6.88. The van der Waals surface area contributed by atoms with Crippen molar-refractivity contribution in [3.8, 4) is 11.5 Å². The number of carbonyl (C=O) groups excluding carboxylic acids is 1. The van der Waals surface area contributed by atoms with Gasteiger partial charge in [-0.2, -0.15) is 0 Å². The van der Waals surface area contributed by atoms with Crippen LogP contribution in [-0.2, 0) is 4.74 Å². The van der Waals surface area contributed by atoms with E-state index in [1.807, 2.05) is 18.2 Å². The lowest BCUT2D eigenvalue weighted by Gasteiger charge is -2.26. The Kier molecular flexibility index (Phi) is 6.06. The largest absolute Gasteiger partial charge is 0.486 e. The van der Waals surface area contributed by atoms with Gasteiger partial charge in [-0.15, -0.1) is 0 Å². The van der Waals surface area contributed by atoms with Crippen LogP contribution in [0.5, 0.6) is 11.5 Å².